The van der Waals surface area contributed by atoms with Crippen molar-refractivity contribution in [2.24, 2.45) is 0 Å². The summed E-state index contributed by atoms with van der Waals surface area (Å²) in [5, 5.41) is 22.6. The van der Waals surface area contributed by atoms with E-state index in [-0.39, 0.29) is 18.4 Å². The minimum atomic E-state index is -0.545. The molecule has 0 radical (unpaired) electrons. The molecule has 1 fully saturated rings. The summed E-state index contributed by atoms with van der Waals surface area (Å²) < 4.78 is 0. The molecule has 0 heterocycles. The largest absolute Gasteiger partial charge is 0.393 e. The monoisotopic (exact) mass is 313 g/mol. The Morgan fingerprint density at radius 2 is 1.73 bits per heavy atom. The Morgan fingerprint density at radius 1 is 1.09 bits per heavy atom. The molecular weight excluding hydrogens is 278 g/mol. The fourth-order valence-corrected chi connectivity index (χ4v) is 3.20. The lowest BCUT2D eigenvalue weighted by molar-refractivity contribution is -0.125. The molecule has 3 N–H and O–H groups in total. The van der Waals surface area contributed by atoms with E-state index in [0.717, 1.165) is 38.5 Å². The fraction of sp³-hybridized carbons (Fsp3) is 0.944. The fourth-order valence-electron chi connectivity index (χ4n) is 3.20. The van der Waals surface area contributed by atoms with Crippen molar-refractivity contribution in [1.29, 1.82) is 0 Å². The van der Waals surface area contributed by atoms with E-state index >= 15 is 0 Å². The second kappa shape index (κ2) is 11.9. The third kappa shape index (κ3) is 8.74. The summed E-state index contributed by atoms with van der Waals surface area (Å²) in [4.78, 5) is 11.9. The molecule has 0 saturated heterocycles. The molecule has 0 aromatic rings. The number of hydrogen-bond donors (Lipinski definition) is 3. The van der Waals surface area contributed by atoms with Gasteiger partial charge in [0.1, 0.15) is 0 Å². The number of carbonyl (C=O) groups is 1. The minimum absolute atomic E-state index is 0.119. The Balaban J connectivity index is 2.03. The van der Waals surface area contributed by atoms with Crippen molar-refractivity contribution in [3.8, 4) is 0 Å². The molecule has 0 aromatic heterocycles. The molecule has 1 amide bonds. The maximum absolute atomic E-state index is 11.9. The summed E-state index contributed by atoms with van der Waals surface area (Å²) in [5.74, 6) is -0.124. The van der Waals surface area contributed by atoms with Crippen LogP contribution in [0.25, 0.3) is 0 Å². The van der Waals surface area contributed by atoms with Gasteiger partial charge in [0.05, 0.1) is 24.7 Å². The van der Waals surface area contributed by atoms with Gasteiger partial charge in [0.2, 0.25) is 5.91 Å². The Bertz CT molecular complexity index is 296. The molecule has 0 bridgehead atoms. The van der Waals surface area contributed by atoms with Crippen LogP contribution < -0.4 is 5.32 Å². The second-order valence-corrected chi connectivity index (χ2v) is 6.79. The van der Waals surface area contributed by atoms with E-state index < -0.39 is 12.2 Å². The van der Waals surface area contributed by atoms with Crippen molar-refractivity contribution < 1.29 is 15.0 Å². The third-order valence-corrected chi connectivity index (χ3v) is 4.64. The Morgan fingerprint density at radius 3 is 2.41 bits per heavy atom. The highest BCUT2D eigenvalue weighted by Gasteiger charge is 2.24. The number of carbonyl (C=O) groups excluding carboxylic acids is 1. The Hall–Kier alpha value is -0.610. The maximum Gasteiger partial charge on any atom is 0.222 e. The van der Waals surface area contributed by atoms with E-state index in [1.165, 1.54) is 32.1 Å². The van der Waals surface area contributed by atoms with E-state index in [4.69, 9.17) is 0 Å². The number of hydrogen-bond acceptors (Lipinski definition) is 3. The SMILES string of the molecule is CCCCCCCCCC(O)CC(=O)NC1CCCCC1O. The van der Waals surface area contributed by atoms with Gasteiger partial charge in [-0.1, -0.05) is 64.7 Å². The van der Waals surface area contributed by atoms with Gasteiger partial charge in [-0.2, -0.15) is 0 Å². The average Bonchev–Trinajstić information content (AvgIpc) is 2.48. The molecule has 0 spiro atoms. The molecule has 0 aromatic carbocycles. The molecule has 3 unspecified atom stereocenters. The zero-order valence-corrected chi connectivity index (χ0v) is 14.2. The molecule has 1 rings (SSSR count). The average molecular weight is 313 g/mol. The second-order valence-electron chi connectivity index (χ2n) is 6.79. The molecule has 1 aliphatic rings. The quantitative estimate of drug-likeness (QED) is 0.513. The van der Waals surface area contributed by atoms with Crippen molar-refractivity contribution in [3.05, 3.63) is 0 Å². The zero-order chi connectivity index (χ0) is 16.2. The molecule has 22 heavy (non-hydrogen) atoms. The first kappa shape index (κ1) is 19.4. The molecule has 1 saturated carbocycles. The van der Waals surface area contributed by atoms with Crippen molar-refractivity contribution >= 4 is 5.91 Å². The van der Waals surface area contributed by atoms with E-state index in [9.17, 15) is 15.0 Å². The van der Waals surface area contributed by atoms with Gasteiger partial charge in [-0.25, -0.2) is 0 Å². The molecule has 3 atom stereocenters. The van der Waals surface area contributed by atoms with Crippen LogP contribution in [0.2, 0.25) is 0 Å². The predicted molar refractivity (Wildman–Crippen MR) is 89.6 cm³/mol. The summed E-state index contributed by atoms with van der Waals surface area (Å²) >= 11 is 0. The number of unbranched alkanes of at least 4 members (excludes halogenated alkanes) is 6. The van der Waals surface area contributed by atoms with Crippen LogP contribution in [0.5, 0.6) is 0 Å². The van der Waals surface area contributed by atoms with E-state index in [1.54, 1.807) is 0 Å². The predicted octanol–water partition coefficient (Wildman–Crippen LogP) is 3.30. The van der Waals surface area contributed by atoms with Crippen LogP contribution in [-0.4, -0.2) is 34.4 Å². The first-order valence-electron chi connectivity index (χ1n) is 9.29. The van der Waals surface area contributed by atoms with Gasteiger partial charge in [0.25, 0.3) is 0 Å². The molecule has 1 aliphatic carbocycles. The highest BCUT2D eigenvalue weighted by Crippen LogP contribution is 2.18. The highest BCUT2D eigenvalue weighted by atomic mass is 16.3. The number of rotatable bonds is 11. The van der Waals surface area contributed by atoms with Gasteiger partial charge >= 0.3 is 0 Å². The molecule has 130 valence electrons. The standard InChI is InChI=1S/C18H35NO3/c1-2-3-4-5-6-7-8-11-15(20)14-18(22)19-16-12-9-10-13-17(16)21/h15-17,20-21H,2-14H2,1H3,(H,19,22). The maximum atomic E-state index is 11.9. The van der Waals surface area contributed by atoms with Gasteiger partial charge < -0.3 is 15.5 Å². The van der Waals surface area contributed by atoms with Gasteiger partial charge in [0.15, 0.2) is 0 Å². The van der Waals surface area contributed by atoms with E-state index in [1.807, 2.05) is 0 Å². The van der Waals surface area contributed by atoms with Crippen molar-refractivity contribution in [1.82, 2.24) is 5.32 Å². The highest BCUT2D eigenvalue weighted by molar-refractivity contribution is 5.76. The van der Waals surface area contributed by atoms with Crippen LogP contribution in [0.1, 0.15) is 90.4 Å². The van der Waals surface area contributed by atoms with Crippen LogP contribution in [0.3, 0.4) is 0 Å². The van der Waals surface area contributed by atoms with Gasteiger partial charge in [-0.3, -0.25) is 4.79 Å². The van der Waals surface area contributed by atoms with Crippen molar-refractivity contribution in [2.75, 3.05) is 0 Å². The van der Waals surface area contributed by atoms with Crippen LogP contribution in [-0.2, 0) is 4.79 Å². The van der Waals surface area contributed by atoms with Crippen molar-refractivity contribution in [2.45, 2.75) is 109 Å². The zero-order valence-electron chi connectivity index (χ0n) is 14.2. The molecule has 0 aliphatic heterocycles. The molecule has 4 nitrogen and oxygen atoms in total. The lowest BCUT2D eigenvalue weighted by Gasteiger charge is -2.28. The van der Waals surface area contributed by atoms with Crippen LogP contribution in [0.4, 0.5) is 0 Å². The number of aliphatic hydroxyl groups excluding tert-OH is 2. The lowest BCUT2D eigenvalue weighted by atomic mass is 9.92. The summed E-state index contributed by atoms with van der Waals surface area (Å²) in [6.07, 6.45) is 12.2. The number of amides is 1. The summed E-state index contributed by atoms with van der Waals surface area (Å²) in [5.41, 5.74) is 0. The summed E-state index contributed by atoms with van der Waals surface area (Å²) in [7, 11) is 0. The number of nitrogens with one attached hydrogen (secondary N) is 1. The van der Waals surface area contributed by atoms with Gasteiger partial charge in [-0.05, 0) is 19.3 Å². The Kier molecular flexibility index (Phi) is 10.5. The van der Waals surface area contributed by atoms with Crippen LogP contribution in [0.15, 0.2) is 0 Å². The van der Waals surface area contributed by atoms with Crippen LogP contribution >= 0.6 is 0 Å². The van der Waals surface area contributed by atoms with E-state index in [2.05, 4.69) is 12.2 Å². The van der Waals surface area contributed by atoms with Crippen LogP contribution in [0, 0.1) is 0 Å². The first-order valence-corrected chi connectivity index (χ1v) is 9.29. The molecule has 4 heteroatoms. The summed E-state index contributed by atoms with van der Waals surface area (Å²) in [6, 6.07) is -0.119. The van der Waals surface area contributed by atoms with Gasteiger partial charge in [-0.15, -0.1) is 0 Å². The minimum Gasteiger partial charge on any atom is -0.393 e. The third-order valence-electron chi connectivity index (χ3n) is 4.64. The molecular formula is C18H35NO3. The topological polar surface area (TPSA) is 69.6 Å². The van der Waals surface area contributed by atoms with E-state index in [0.29, 0.717) is 6.42 Å². The Labute approximate surface area is 135 Å². The number of aliphatic hydroxyl groups is 2. The lowest BCUT2D eigenvalue weighted by Crippen LogP contribution is -2.45. The smallest absolute Gasteiger partial charge is 0.222 e. The van der Waals surface area contributed by atoms with Gasteiger partial charge in [0, 0.05) is 0 Å². The normalized spacial score (nSPS) is 23.2. The summed E-state index contributed by atoms with van der Waals surface area (Å²) in [6.45, 7) is 2.22. The first-order chi connectivity index (χ1) is 10.6. The van der Waals surface area contributed by atoms with Crippen molar-refractivity contribution in [3.63, 3.8) is 0 Å².